The molecule has 1 heterocycles. The van der Waals surface area contributed by atoms with Crippen LogP contribution in [0.2, 0.25) is 5.04 Å². The number of amides is 1. The van der Waals surface area contributed by atoms with Crippen LogP contribution < -0.4 is 4.90 Å². The van der Waals surface area contributed by atoms with E-state index in [0.29, 0.717) is 37.4 Å². The molecule has 0 aliphatic carbocycles. The molecule has 0 N–H and O–H groups in total. The van der Waals surface area contributed by atoms with E-state index in [0.717, 1.165) is 12.0 Å². The molecular formula is C25H33FN2O3Si. The van der Waals surface area contributed by atoms with Gasteiger partial charge in [-0.25, -0.2) is 9.18 Å². The average Bonchev–Trinajstić information content (AvgIpc) is 3.03. The van der Waals surface area contributed by atoms with Crippen molar-refractivity contribution in [1.82, 2.24) is 4.90 Å². The van der Waals surface area contributed by atoms with Gasteiger partial charge >= 0.3 is 6.09 Å². The number of hydrogen-bond acceptors (Lipinski definition) is 4. The molecular weight excluding hydrogens is 423 g/mol. The van der Waals surface area contributed by atoms with Gasteiger partial charge in [-0.3, -0.25) is 0 Å². The first-order chi connectivity index (χ1) is 15.3. The minimum atomic E-state index is -1.29. The Morgan fingerprint density at radius 2 is 1.78 bits per heavy atom. The van der Waals surface area contributed by atoms with Gasteiger partial charge in [-0.15, -0.1) is 0 Å². The van der Waals surface area contributed by atoms with E-state index in [4.69, 9.17) is 9.16 Å². The fourth-order valence-corrected chi connectivity index (χ4v) is 4.22. The number of hydrogen-bond donors (Lipinski definition) is 0. The van der Waals surface area contributed by atoms with Crippen molar-refractivity contribution in [2.45, 2.75) is 45.4 Å². The maximum absolute atomic E-state index is 15.3. The Balaban J connectivity index is 1.58. The van der Waals surface area contributed by atoms with Crippen molar-refractivity contribution < 1.29 is 18.3 Å². The van der Waals surface area contributed by atoms with Crippen LogP contribution in [0, 0.1) is 5.82 Å². The average molecular weight is 457 g/mol. The highest BCUT2D eigenvalue weighted by molar-refractivity contribution is 6.58. The predicted octanol–water partition coefficient (Wildman–Crippen LogP) is 5.00. The van der Waals surface area contributed by atoms with Crippen molar-refractivity contribution in [2.75, 3.05) is 31.1 Å². The highest BCUT2D eigenvalue weighted by atomic mass is 28.3. The standard InChI is InChI=1S/C25H33FN2O3Si/c1-25(2,3)32(4)31-19-21-12-8-13-22(23(21)26)27-14-9-15-28(17-16-27)24(29)30-18-20-10-6-5-7-11-20/h5-8,10-13H,4,9,14-19H2,1-3H3. The minimum Gasteiger partial charge on any atom is -0.547 e. The Morgan fingerprint density at radius 3 is 2.50 bits per heavy atom. The minimum absolute atomic E-state index is 0.0118. The Labute approximate surface area is 192 Å². The van der Waals surface area contributed by atoms with Crippen LogP contribution >= 0.6 is 0 Å². The van der Waals surface area contributed by atoms with Gasteiger partial charge in [0.1, 0.15) is 6.61 Å². The van der Waals surface area contributed by atoms with Crippen LogP contribution in [0.1, 0.15) is 38.3 Å². The number of anilines is 1. The zero-order valence-corrected chi connectivity index (χ0v) is 20.3. The van der Waals surface area contributed by atoms with E-state index in [9.17, 15) is 4.79 Å². The summed E-state index contributed by atoms with van der Waals surface area (Å²) in [5.74, 6) is -0.253. The SMILES string of the molecule is C=[Si](OCc1cccc(N2CCCN(C(=O)OCc3ccccc3)CC2)c1F)C(C)(C)C. The van der Waals surface area contributed by atoms with Crippen molar-refractivity contribution in [3.8, 4) is 0 Å². The van der Waals surface area contributed by atoms with Crippen LogP contribution in [0.25, 0.3) is 0 Å². The third kappa shape index (κ3) is 6.42. The predicted molar refractivity (Wildman–Crippen MR) is 129 cm³/mol. The molecule has 1 aliphatic heterocycles. The molecule has 0 spiro atoms. The molecule has 0 radical (unpaired) electrons. The Hall–Kier alpha value is -2.67. The molecule has 1 aliphatic rings. The van der Waals surface area contributed by atoms with Crippen LogP contribution in [0.4, 0.5) is 14.9 Å². The van der Waals surface area contributed by atoms with Gasteiger partial charge in [0.25, 0.3) is 0 Å². The first kappa shape index (κ1) is 24.0. The van der Waals surface area contributed by atoms with Crippen LogP contribution in [-0.2, 0) is 22.4 Å². The molecule has 1 fully saturated rings. The lowest BCUT2D eigenvalue weighted by Crippen LogP contribution is -2.35. The Kier molecular flexibility index (Phi) is 8.07. The molecule has 0 unspecified atom stereocenters. The normalized spacial score (nSPS) is 14.6. The largest absolute Gasteiger partial charge is 0.547 e. The lowest BCUT2D eigenvalue weighted by molar-refractivity contribution is 0.0986. The summed E-state index contributed by atoms with van der Waals surface area (Å²) in [4.78, 5) is 16.2. The summed E-state index contributed by atoms with van der Waals surface area (Å²) in [7, 11) is -1.29. The highest BCUT2D eigenvalue weighted by Crippen LogP contribution is 2.27. The molecule has 0 bridgehead atoms. The third-order valence-electron chi connectivity index (χ3n) is 5.60. The van der Waals surface area contributed by atoms with E-state index in [1.54, 1.807) is 17.0 Å². The summed E-state index contributed by atoms with van der Waals surface area (Å²) in [5, 5.41) is -0.0118. The molecule has 5 nitrogen and oxygen atoms in total. The summed E-state index contributed by atoms with van der Waals surface area (Å²) in [5.41, 5.74) is 2.05. The van der Waals surface area contributed by atoms with Gasteiger partial charge in [0.05, 0.1) is 12.3 Å². The molecule has 32 heavy (non-hydrogen) atoms. The molecule has 0 saturated carbocycles. The molecule has 172 valence electrons. The van der Waals surface area contributed by atoms with Gasteiger partial charge in [0.2, 0.25) is 8.65 Å². The quantitative estimate of drug-likeness (QED) is 0.574. The number of carbonyl (C=O) groups is 1. The van der Waals surface area contributed by atoms with Crippen molar-refractivity contribution in [3.05, 3.63) is 65.5 Å². The van der Waals surface area contributed by atoms with E-state index in [1.807, 2.05) is 41.3 Å². The van der Waals surface area contributed by atoms with E-state index in [1.165, 1.54) is 0 Å². The fraction of sp³-hybridized carbons (Fsp3) is 0.440. The molecule has 0 atom stereocenters. The van der Waals surface area contributed by atoms with E-state index in [-0.39, 0.29) is 30.2 Å². The zero-order chi connectivity index (χ0) is 23.1. The second kappa shape index (κ2) is 10.8. The molecule has 1 amide bonds. The number of benzene rings is 2. The molecule has 1 saturated heterocycles. The van der Waals surface area contributed by atoms with Crippen LogP contribution in [0.3, 0.4) is 0 Å². The molecule has 2 aromatic rings. The molecule has 7 heteroatoms. The second-order valence-corrected chi connectivity index (χ2v) is 11.7. The number of halogens is 1. The lowest BCUT2D eigenvalue weighted by Gasteiger charge is -2.25. The van der Waals surface area contributed by atoms with Crippen LogP contribution in [-0.4, -0.2) is 52.0 Å². The fourth-order valence-electron chi connectivity index (χ4n) is 3.45. The third-order valence-corrected chi connectivity index (χ3v) is 7.76. The van der Waals surface area contributed by atoms with Gasteiger partial charge in [-0.1, -0.05) is 69.4 Å². The maximum atomic E-state index is 15.3. The van der Waals surface area contributed by atoms with Crippen LogP contribution in [0.5, 0.6) is 0 Å². The summed E-state index contributed by atoms with van der Waals surface area (Å²) < 4.78 is 26.6. The summed E-state index contributed by atoms with van der Waals surface area (Å²) in [6, 6.07) is 15.0. The van der Waals surface area contributed by atoms with Crippen LogP contribution in [0.15, 0.2) is 48.5 Å². The molecule has 2 aromatic carbocycles. The maximum Gasteiger partial charge on any atom is 0.410 e. The van der Waals surface area contributed by atoms with E-state index < -0.39 is 8.65 Å². The topological polar surface area (TPSA) is 42.0 Å². The summed E-state index contributed by atoms with van der Waals surface area (Å²) in [6.07, 6.45) is 4.55. The van der Waals surface area contributed by atoms with Crippen molar-refractivity contribution in [2.24, 2.45) is 0 Å². The lowest BCUT2D eigenvalue weighted by atomic mass is 10.1. The number of ether oxygens (including phenoxy) is 1. The van der Waals surface area contributed by atoms with Gasteiger partial charge in [0.15, 0.2) is 5.82 Å². The first-order valence-corrected chi connectivity index (χ1v) is 12.7. The van der Waals surface area contributed by atoms with Gasteiger partial charge in [0, 0.05) is 36.8 Å². The first-order valence-electron chi connectivity index (χ1n) is 11.1. The number of carbonyl (C=O) groups excluding carboxylic acids is 1. The number of nitrogens with zero attached hydrogens (tertiary/aromatic N) is 2. The van der Waals surface area contributed by atoms with E-state index in [2.05, 4.69) is 26.9 Å². The summed E-state index contributed by atoms with van der Waals surface area (Å²) >= 11 is 0. The Bertz CT molecular complexity index is 931. The van der Waals surface area contributed by atoms with Gasteiger partial charge in [-0.2, -0.15) is 0 Å². The van der Waals surface area contributed by atoms with Crippen molar-refractivity contribution in [3.63, 3.8) is 0 Å². The number of rotatable bonds is 6. The highest BCUT2D eigenvalue weighted by Gasteiger charge is 2.23. The van der Waals surface area contributed by atoms with Gasteiger partial charge in [-0.05, 0) is 18.1 Å². The Morgan fingerprint density at radius 1 is 1.03 bits per heavy atom. The smallest absolute Gasteiger partial charge is 0.410 e. The zero-order valence-electron chi connectivity index (χ0n) is 19.3. The monoisotopic (exact) mass is 456 g/mol. The summed E-state index contributed by atoms with van der Waals surface area (Å²) in [6.45, 7) is 9.06. The van der Waals surface area contributed by atoms with Crippen molar-refractivity contribution >= 4 is 26.6 Å². The van der Waals surface area contributed by atoms with Gasteiger partial charge < -0.3 is 19.0 Å². The van der Waals surface area contributed by atoms with E-state index >= 15 is 4.39 Å². The molecule has 3 rings (SSSR count). The molecule has 0 aromatic heterocycles. The second-order valence-electron chi connectivity index (χ2n) is 9.08. The van der Waals surface area contributed by atoms with Crippen molar-refractivity contribution in [1.29, 1.82) is 0 Å².